The molecule has 126 valence electrons. The first-order chi connectivity index (χ1) is 11.1. The molecular formula is C20H28ClNO. The lowest BCUT2D eigenvalue weighted by Crippen LogP contribution is -2.26. The summed E-state index contributed by atoms with van der Waals surface area (Å²) in [5.74, 6) is 0.0265. The molecule has 1 amide bonds. The van der Waals surface area contributed by atoms with Crippen molar-refractivity contribution in [3.63, 3.8) is 0 Å². The normalized spacial score (nSPS) is 9.00. The van der Waals surface area contributed by atoms with E-state index in [9.17, 15) is 4.79 Å². The second-order valence-corrected chi connectivity index (χ2v) is 5.09. The highest BCUT2D eigenvalue weighted by molar-refractivity contribution is 6.30. The minimum absolute atomic E-state index is 0.0265. The molecule has 2 aromatic carbocycles. The highest BCUT2D eigenvalue weighted by atomic mass is 35.5. The summed E-state index contributed by atoms with van der Waals surface area (Å²) in [4.78, 5) is 14.0. The molecule has 2 nitrogen and oxygen atoms in total. The molecular weight excluding hydrogens is 306 g/mol. The molecule has 3 heteroatoms. The highest BCUT2D eigenvalue weighted by Gasteiger charge is 2.11. The third kappa shape index (κ3) is 7.34. The van der Waals surface area contributed by atoms with Crippen LogP contribution < -0.4 is 0 Å². The Bertz CT molecular complexity index is 578. The number of hydrogen-bond acceptors (Lipinski definition) is 1. The van der Waals surface area contributed by atoms with Crippen LogP contribution in [0, 0.1) is 6.92 Å². The minimum atomic E-state index is 0.0265. The van der Waals surface area contributed by atoms with E-state index in [1.807, 2.05) is 83.1 Å². The van der Waals surface area contributed by atoms with Gasteiger partial charge in [-0.15, -0.1) is 0 Å². The van der Waals surface area contributed by atoms with Crippen LogP contribution in [0.2, 0.25) is 5.02 Å². The lowest BCUT2D eigenvalue weighted by molar-refractivity contribution is 0.0785. The van der Waals surface area contributed by atoms with Crippen LogP contribution in [0.5, 0.6) is 0 Å². The molecule has 0 unspecified atom stereocenters. The number of halogens is 1. The average molecular weight is 334 g/mol. The van der Waals surface area contributed by atoms with Crippen LogP contribution in [0.15, 0.2) is 48.5 Å². The van der Waals surface area contributed by atoms with Gasteiger partial charge in [-0.3, -0.25) is 4.79 Å². The smallest absolute Gasteiger partial charge is 0.253 e. The van der Waals surface area contributed by atoms with Crippen molar-refractivity contribution in [1.29, 1.82) is 0 Å². The minimum Gasteiger partial charge on any atom is -0.337 e. The maximum atomic E-state index is 12.3. The quantitative estimate of drug-likeness (QED) is 0.677. The first-order valence-corrected chi connectivity index (χ1v) is 8.50. The van der Waals surface area contributed by atoms with Crippen molar-refractivity contribution in [3.8, 4) is 0 Å². The zero-order valence-electron chi connectivity index (χ0n) is 15.1. The van der Waals surface area contributed by atoms with Crippen LogP contribution in [0.25, 0.3) is 0 Å². The standard InChI is InChI=1S/C16H16ClNO.2C2H6/c1-12-4-3-5-14(10-12)16(19)18(2)11-13-6-8-15(17)9-7-13;2*1-2/h3-10H,11H2,1-2H3;2*1-2H3. The first-order valence-electron chi connectivity index (χ1n) is 8.13. The SMILES string of the molecule is CC.CC.Cc1cccc(C(=O)N(C)Cc2ccc(Cl)cc2)c1. The lowest BCUT2D eigenvalue weighted by atomic mass is 10.1. The Hall–Kier alpha value is -1.80. The zero-order chi connectivity index (χ0) is 17.8. The Morgan fingerprint density at radius 3 is 2.09 bits per heavy atom. The van der Waals surface area contributed by atoms with Gasteiger partial charge in [0.05, 0.1) is 0 Å². The van der Waals surface area contributed by atoms with Crippen LogP contribution >= 0.6 is 11.6 Å². The number of benzene rings is 2. The van der Waals surface area contributed by atoms with E-state index in [4.69, 9.17) is 11.6 Å². The van der Waals surface area contributed by atoms with Gasteiger partial charge in [0.1, 0.15) is 0 Å². The number of rotatable bonds is 3. The van der Waals surface area contributed by atoms with Crippen molar-refractivity contribution in [2.24, 2.45) is 0 Å². The molecule has 0 bridgehead atoms. The maximum absolute atomic E-state index is 12.3. The van der Waals surface area contributed by atoms with E-state index in [1.54, 1.807) is 11.9 Å². The summed E-state index contributed by atoms with van der Waals surface area (Å²) in [7, 11) is 1.80. The van der Waals surface area contributed by atoms with E-state index < -0.39 is 0 Å². The van der Waals surface area contributed by atoms with E-state index in [2.05, 4.69) is 0 Å². The molecule has 0 aliphatic heterocycles. The Morgan fingerprint density at radius 1 is 1.00 bits per heavy atom. The molecule has 0 N–H and O–H groups in total. The van der Waals surface area contributed by atoms with Gasteiger partial charge in [0, 0.05) is 24.2 Å². The fourth-order valence-corrected chi connectivity index (χ4v) is 2.06. The topological polar surface area (TPSA) is 20.3 Å². The van der Waals surface area contributed by atoms with Crippen LogP contribution in [0.4, 0.5) is 0 Å². The van der Waals surface area contributed by atoms with Gasteiger partial charge in [0.15, 0.2) is 0 Å². The van der Waals surface area contributed by atoms with Gasteiger partial charge < -0.3 is 4.90 Å². The Kier molecular flexibility index (Phi) is 10.8. The zero-order valence-corrected chi connectivity index (χ0v) is 15.8. The fourth-order valence-electron chi connectivity index (χ4n) is 1.93. The van der Waals surface area contributed by atoms with Crippen LogP contribution in [-0.2, 0) is 6.54 Å². The van der Waals surface area contributed by atoms with Crippen LogP contribution in [0.3, 0.4) is 0 Å². The van der Waals surface area contributed by atoms with Gasteiger partial charge in [-0.1, -0.05) is 69.1 Å². The third-order valence-electron chi connectivity index (χ3n) is 2.94. The van der Waals surface area contributed by atoms with Gasteiger partial charge in [-0.05, 0) is 36.8 Å². The Labute approximate surface area is 146 Å². The molecule has 0 radical (unpaired) electrons. The van der Waals surface area contributed by atoms with Gasteiger partial charge in [-0.25, -0.2) is 0 Å². The average Bonchev–Trinajstić information content (AvgIpc) is 2.60. The molecule has 0 aliphatic carbocycles. The number of nitrogens with zero attached hydrogens (tertiary/aromatic N) is 1. The summed E-state index contributed by atoms with van der Waals surface area (Å²) in [6.45, 7) is 10.6. The highest BCUT2D eigenvalue weighted by Crippen LogP contribution is 2.13. The maximum Gasteiger partial charge on any atom is 0.253 e. The van der Waals surface area contributed by atoms with Crippen molar-refractivity contribution in [2.75, 3.05) is 7.05 Å². The molecule has 0 spiro atoms. The largest absolute Gasteiger partial charge is 0.337 e. The Morgan fingerprint density at radius 2 is 1.57 bits per heavy atom. The van der Waals surface area contributed by atoms with E-state index in [0.717, 1.165) is 16.7 Å². The molecule has 0 saturated carbocycles. The molecule has 0 heterocycles. The number of amides is 1. The van der Waals surface area contributed by atoms with Crippen molar-refractivity contribution >= 4 is 17.5 Å². The van der Waals surface area contributed by atoms with E-state index in [0.29, 0.717) is 11.6 Å². The number of aryl methyl sites for hydroxylation is 1. The molecule has 0 fully saturated rings. The van der Waals surface area contributed by atoms with Gasteiger partial charge in [-0.2, -0.15) is 0 Å². The van der Waals surface area contributed by atoms with E-state index in [1.165, 1.54) is 0 Å². The molecule has 2 aromatic rings. The van der Waals surface area contributed by atoms with E-state index >= 15 is 0 Å². The summed E-state index contributed by atoms with van der Waals surface area (Å²) in [6, 6.07) is 15.2. The fraction of sp³-hybridized carbons (Fsp3) is 0.350. The van der Waals surface area contributed by atoms with Crippen molar-refractivity contribution in [3.05, 3.63) is 70.2 Å². The number of carbonyl (C=O) groups is 1. The van der Waals surface area contributed by atoms with Gasteiger partial charge in [0.25, 0.3) is 5.91 Å². The van der Waals surface area contributed by atoms with Crippen molar-refractivity contribution < 1.29 is 4.79 Å². The molecule has 23 heavy (non-hydrogen) atoms. The third-order valence-corrected chi connectivity index (χ3v) is 3.20. The second-order valence-electron chi connectivity index (χ2n) is 4.66. The Balaban J connectivity index is 0.00000112. The first kappa shape index (κ1) is 21.2. The predicted molar refractivity (Wildman–Crippen MR) is 101 cm³/mol. The van der Waals surface area contributed by atoms with Crippen molar-refractivity contribution in [1.82, 2.24) is 4.90 Å². The molecule has 0 saturated heterocycles. The molecule has 0 aliphatic rings. The van der Waals surface area contributed by atoms with Crippen LogP contribution in [0.1, 0.15) is 49.2 Å². The molecule has 0 atom stereocenters. The summed E-state index contributed by atoms with van der Waals surface area (Å²) in [6.07, 6.45) is 0. The summed E-state index contributed by atoms with van der Waals surface area (Å²) in [5.41, 5.74) is 2.87. The van der Waals surface area contributed by atoms with Gasteiger partial charge in [0.2, 0.25) is 0 Å². The monoisotopic (exact) mass is 333 g/mol. The predicted octanol–water partition coefficient (Wildman–Crippen LogP) is 5.97. The number of carbonyl (C=O) groups excluding carboxylic acids is 1. The van der Waals surface area contributed by atoms with Crippen molar-refractivity contribution in [2.45, 2.75) is 41.2 Å². The molecule has 2 rings (SSSR count). The summed E-state index contributed by atoms with van der Waals surface area (Å²) >= 11 is 5.84. The summed E-state index contributed by atoms with van der Waals surface area (Å²) < 4.78 is 0. The summed E-state index contributed by atoms with van der Waals surface area (Å²) in [5, 5.41) is 0.705. The molecule has 0 aromatic heterocycles. The second kappa shape index (κ2) is 11.7. The lowest BCUT2D eigenvalue weighted by Gasteiger charge is -2.17. The van der Waals surface area contributed by atoms with Gasteiger partial charge >= 0.3 is 0 Å². The van der Waals surface area contributed by atoms with Crippen LogP contribution in [-0.4, -0.2) is 17.9 Å². The van der Waals surface area contributed by atoms with E-state index in [-0.39, 0.29) is 5.91 Å². The number of hydrogen-bond donors (Lipinski definition) is 0.